The number of methoxy groups -OCH3 is 2. The molecule has 1 unspecified atom stereocenters. The van der Waals surface area contributed by atoms with Crippen molar-refractivity contribution in [3.63, 3.8) is 0 Å². The molecule has 0 aliphatic carbocycles. The predicted molar refractivity (Wildman–Crippen MR) is 92.0 cm³/mol. The third-order valence-corrected chi connectivity index (χ3v) is 5.11. The number of amides is 1. The Bertz CT molecular complexity index is 582. The zero-order chi connectivity index (χ0) is 17.9. The number of benzene rings is 1. The Kier molecular flexibility index (Phi) is 5.85. The first-order chi connectivity index (χ1) is 12.1. The van der Waals surface area contributed by atoms with Crippen LogP contribution in [-0.4, -0.2) is 68.7 Å². The molecule has 2 fully saturated rings. The summed E-state index contributed by atoms with van der Waals surface area (Å²) in [6.45, 7) is 0.791. The van der Waals surface area contributed by atoms with Crippen LogP contribution in [0.3, 0.4) is 0 Å². The first-order valence-electron chi connectivity index (χ1n) is 8.04. The van der Waals surface area contributed by atoms with E-state index in [1.165, 1.54) is 12.0 Å². The van der Waals surface area contributed by atoms with E-state index < -0.39 is 17.9 Å². The van der Waals surface area contributed by atoms with Gasteiger partial charge in [-0.25, -0.2) is 4.79 Å². The molecule has 1 amide bonds. The van der Waals surface area contributed by atoms with E-state index in [9.17, 15) is 4.79 Å². The lowest BCUT2D eigenvalue weighted by atomic mass is 10.1. The van der Waals surface area contributed by atoms with Crippen molar-refractivity contribution in [1.82, 2.24) is 4.90 Å². The maximum Gasteiger partial charge on any atom is 0.410 e. The van der Waals surface area contributed by atoms with Gasteiger partial charge in [-0.3, -0.25) is 4.90 Å². The lowest BCUT2D eigenvalue weighted by Gasteiger charge is -2.35. The third kappa shape index (κ3) is 3.50. The molecule has 1 aromatic rings. The molecule has 7 nitrogen and oxygen atoms in total. The van der Waals surface area contributed by atoms with E-state index in [4.69, 9.17) is 23.1 Å². The molecular weight excluding hydrogens is 346 g/mol. The Hall–Kier alpha value is -1.32. The topological polar surface area (TPSA) is 66.5 Å². The number of ether oxygens (including phenoxy) is 4. The van der Waals surface area contributed by atoms with E-state index >= 15 is 0 Å². The quantitative estimate of drug-likeness (QED) is 0.562. The summed E-state index contributed by atoms with van der Waals surface area (Å²) in [5.74, 6) is -1.02. The van der Waals surface area contributed by atoms with Gasteiger partial charge in [-0.15, -0.1) is 0 Å². The number of carbonyl (C=O) groups is 1. The van der Waals surface area contributed by atoms with Gasteiger partial charge in [-0.1, -0.05) is 30.3 Å². The zero-order valence-corrected chi connectivity index (χ0v) is 15.4. The van der Waals surface area contributed by atoms with Crippen LogP contribution >= 0.6 is 12.0 Å². The van der Waals surface area contributed by atoms with Gasteiger partial charge in [0.2, 0.25) is 5.79 Å². The molecule has 3 rings (SSSR count). The molecule has 2 aliphatic rings. The van der Waals surface area contributed by atoms with Crippen molar-refractivity contribution >= 4 is 18.1 Å². The SMILES string of the molecule is COC1(OC)CO[C@@H]2C(OSC)CN(C(=O)OCc3ccccc3)[C@@H]21. The molecule has 138 valence electrons. The summed E-state index contributed by atoms with van der Waals surface area (Å²) in [5, 5.41) is 0. The number of hydrogen-bond acceptors (Lipinski definition) is 7. The second-order valence-electron chi connectivity index (χ2n) is 5.93. The molecule has 0 spiro atoms. The van der Waals surface area contributed by atoms with Gasteiger partial charge in [-0.2, -0.15) is 0 Å². The van der Waals surface area contributed by atoms with Crippen LogP contribution in [0.1, 0.15) is 5.56 Å². The van der Waals surface area contributed by atoms with Gasteiger partial charge in [0, 0.05) is 20.5 Å². The summed E-state index contributed by atoms with van der Waals surface area (Å²) >= 11 is 1.25. The molecule has 0 radical (unpaired) electrons. The zero-order valence-electron chi connectivity index (χ0n) is 14.5. The Morgan fingerprint density at radius 3 is 2.68 bits per heavy atom. The molecule has 8 heteroatoms. The van der Waals surface area contributed by atoms with Crippen LogP contribution in [0.4, 0.5) is 4.79 Å². The highest BCUT2D eigenvalue weighted by molar-refractivity contribution is 7.93. The van der Waals surface area contributed by atoms with Crippen molar-refractivity contribution in [3.8, 4) is 0 Å². The molecule has 0 saturated carbocycles. The molecule has 2 aliphatic heterocycles. The third-order valence-electron chi connectivity index (χ3n) is 4.67. The van der Waals surface area contributed by atoms with Crippen molar-refractivity contribution in [2.24, 2.45) is 0 Å². The van der Waals surface area contributed by atoms with Crippen molar-refractivity contribution in [2.45, 2.75) is 30.6 Å². The van der Waals surface area contributed by atoms with Crippen molar-refractivity contribution in [1.29, 1.82) is 0 Å². The van der Waals surface area contributed by atoms with Crippen LogP contribution in [-0.2, 0) is 29.7 Å². The van der Waals surface area contributed by atoms with E-state index in [2.05, 4.69) is 0 Å². The van der Waals surface area contributed by atoms with E-state index in [0.717, 1.165) is 5.56 Å². The Morgan fingerprint density at radius 2 is 2.04 bits per heavy atom. The number of fused-ring (bicyclic) bond motifs is 1. The van der Waals surface area contributed by atoms with E-state index in [1.54, 1.807) is 19.1 Å². The Balaban J connectivity index is 1.74. The van der Waals surface area contributed by atoms with Crippen molar-refractivity contribution in [2.75, 3.05) is 33.6 Å². The second kappa shape index (κ2) is 7.92. The Morgan fingerprint density at radius 1 is 1.32 bits per heavy atom. The minimum atomic E-state index is -1.02. The van der Waals surface area contributed by atoms with Gasteiger partial charge >= 0.3 is 6.09 Å². The Labute approximate surface area is 151 Å². The van der Waals surface area contributed by atoms with Gasteiger partial charge in [0.25, 0.3) is 0 Å². The van der Waals surface area contributed by atoms with Gasteiger partial charge in [0.15, 0.2) is 0 Å². The van der Waals surface area contributed by atoms with Gasteiger partial charge in [0.05, 0.1) is 6.54 Å². The highest BCUT2D eigenvalue weighted by atomic mass is 32.2. The molecule has 2 saturated heterocycles. The highest BCUT2D eigenvalue weighted by Crippen LogP contribution is 2.40. The fourth-order valence-electron chi connectivity index (χ4n) is 3.42. The minimum absolute atomic E-state index is 0.204. The van der Waals surface area contributed by atoms with Crippen LogP contribution in [0.25, 0.3) is 0 Å². The number of nitrogens with zero attached hydrogens (tertiary/aromatic N) is 1. The van der Waals surface area contributed by atoms with Crippen LogP contribution < -0.4 is 0 Å². The fraction of sp³-hybridized carbons (Fsp3) is 0.588. The molecule has 0 N–H and O–H groups in total. The lowest BCUT2D eigenvalue weighted by Crippen LogP contribution is -2.55. The average Bonchev–Trinajstić information content (AvgIpc) is 3.20. The van der Waals surface area contributed by atoms with Crippen molar-refractivity contribution < 1.29 is 27.9 Å². The standard InChI is InChI=1S/C17H23NO6S/c1-20-17(21-2)11-23-14-13(24-25-3)9-18(15(14)17)16(19)22-10-12-7-5-4-6-8-12/h4-8,13-15H,9-11H2,1-3H3/t13?,14-,15+/m1/s1. The maximum atomic E-state index is 12.7. The van der Waals surface area contributed by atoms with Crippen LogP contribution in [0.15, 0.2) is 30.3 Å². The van der Waals surface area contributed by atoms with Gasteiger partial charge in [-0.05, 0) is 17.6 Å². The normalized spacial score (nSPS) is 27.3. The predicted octanol–water partition coefficient (Wildman–Crippen LogP) is 2.06. The fourth-order valence-corrected chi connectivity index (χ4v) is 3.84. The van der Waals surface area contributed by atoms with E-state index in [1.807, 2.05) is 36.6 Å². The van der Waals surface area contributed by atoms with Crippen molar-refractivity contribution in [3.05, 3.63) is 35.9 Å². The second-order valence-corrected chi connectivity index (χ2v) is 6.46. The molecule has 25 heavy (non-hydrogen) atoms. The molecule has 0 bridgehead atoms. The van der Waals surface area contributed by atoms with Gasteiger partial charge in [0.1, 0.15) is 31.5 Å². The maximum absolute atomic E-state index is 12.7. The van der Waals surface area contributed by atoms with Crippen LogP contribution in [0, 0.1) is 0 Å². The largest absolute Gasteiger partial charge is 0.445 e. The summed E-state index contributed by atoms with van der Waals surface area (Å²) in [6.07, 6.45) is 0.809. The van der Waals surface area contributed by atoms with Crippen LogP contribution in [0.5, 0.6) is 0 Å². The summed E-state index contributed by atoms with van der Waals surface area (Å²) in [6, 6.07) is 9.12. The summed E-state index contributed by atoms with van der Waals surface area (Å²) < 4.78 is 28.2. The van der Waals surface area contributed by atoms with Gasteiger partial charge < -0.3 is 23.1 Å². The molecule has 2 heterocycles. The first-order valence-corrected chi connectivity index (χ1v) is 9.19. The summed E-state index contributed by atoms with van der Waals surface area (Å²) in [7, 11) is 3.09. The number of hydrogen-bond donors (Lipinski definition) is 0. The smallest absolute Gasteiger partial charge is 0.410 e. The molecular formula is C17H23NO6S. The average molecular weight is 369 g/mol. The number of likely N-dealkylation sites (tertiary alicyclic amines) is 1. The lowest BCUT2D eigenvalue weighted by molar-refractivity contribution is -0.224. The molecule has 1 aromatic carbocycles. The monoisotopic (exact) mass is 369 g/mol. The first kappa shape index (κ1) is 18.5. The van der Waals surface area contributed by atoms with E-state index in [0.29, 0.717) is 6.54 Å². The highest BCUT2D eigenvalue weighted by Gasteiger charge is 2.62. The molecule has 0 aromatic heterocycles. The summed E-state index contributed by atoms with van der Waals surface area (Å²) in [5.41, 5.74) is 0.927. The van der Waals surface area contributed by atoms with E-state index in [-0.39, 0.29) is 25.4 Å². The number of carbonyl (C=O) groups excluding carboxylic acids is 1. The summed E-state index contributed by atoms with van der Waals surface area (Å²) in [4.78, 5) is 14.3. The minimum Gasteiger partial charge on any atom is -0.445 e. The molecule has 3 atom stereocenters. The number of rotatable bonds is 6. The van der Waals surface area contributed by atoms with Crippen LogP contribution in [0.2, 0.25) is 0 Å².